The number of anilines is 2. The number of aryl methyl sites for hydroxylation is 1. The number of hydrogen-bond donors (Lipinski definition) is 3. The number of nitrogens with one attached hydrogen (secondary N) is 3. The van der Waals surface area contributed by atoms with E-state index in [0.717, 1.165) is 16.0 Å². The third-order valence-electron chi connectivity index (χ3n) is 6.95. The van der Waals surface area contributed by atoms with Crippen molar-refractivity contribution in [3.05, 3.63) is 164 Å². The molecule has 0 aliphatic heterocycles. The third kappa shape index (κ3) is 9.05. The summed E-state index contributed by atoms with van der Waals surface area (Å²) in [6.07, 6.45) is 1.47. The van der Waals surface area contributed by atoms with Crippen LogP contribution < -0.4 is 16.0 Å². The topological polar surface area (TPSA) is 87.3 Å². The van der Waals surface area contributed by atoms with Crippen molar-refractivity contribution in [2.24, 2.45) is 0 Å². The smallest absolute Gasteiger partial charge is 0.272 e. The zero-order chi connectivity index (χ0) is 33.3. The summed E-state index contributed by atoms with van der Waals surface area (Å²) in [5, 5.41) is 9.03. The van der Waals surface area contributed by atoms with Crippen LogP contribution in [0.2, 0.25) is 15.1 Å². The van der Waals surface area contributed by atoms with Crippen molar-refractivity contribution < 1.29 is 14.4 Å². The molecule has 1 atom stereocenters. The maximum Gasteiger partial charge on any atom is 0.272 e. The molecule has 0 aromatic heterocycles. The number of carbonyl (C=O) groups is 3. The second-order valence-corrected chi connectivity index (χ2v) is 12.8. The minimum Gasteiger partial charge on any atom is -0.325 e. The molecule has 0 spiro atoms. The van der Waals surface area contributed by atoms with E-state index in [-0.39, 0.29) is 16.6 Å². The highest BCUT2D eigenvalue weighted by atomic mass is 35.5. The van der Waals surface area contributed by atoms with Gasteiger partial charge in [-0.25, -0.2) is 0 Å². The molecule has 1 unspecified atom stereocenters. The van der Waals surface area contributed by atoms with Gasteiger partial charge in [0.1, 0.15) is 10.9 Å². The first kappa shape index (κ1) is 33.8. The van der Waals surface area contributed by atoms with Gasteiger partial charge in [-0.3, -0.25) is 14.4 Å². The van der Waals surface area contributed by atoms with Crippen molar-refractivity contribution in [1.29, 1.82) is 0 Å². The normalized spacial score (nSPS) is 11.8. The zero-order valence-corrected chi connectivity index (χ0v) is 28.1. The van der Waals surface area contributed by atoms with E-state index in [2.05, 4.69) is 16.0 Å². The molecule has 236 valence electrons. The van der Waals surface area contributed by atoms with Crippen molar-refractivity contribution in [3.8, 4) is 0 Å². The van der Waals surface area contributed by atoms with Gasteiger partial charge in [0, 0.05) is 26.9 Å². The van der Waals surface area contributed by atoms with Crippen molar-refractivity contribution in [2.75, 3.05) is 10.6 Å². The maximum absolute atomic E-state index is 13.7. The zero-order valence-electron chi connectivity index (χ0n) is 25.0. The standard InChI is InChI=1S/C37H28Cl3N3O3S/c1-23-18-19-27(38)21-31(23)42-37(46)34(24-10-4-2-5-11-24)47-29-16-9-15-28(22-29)41-36(45)32(20-26-14-8-17-30(39)33(26)40)43-35(44)25-12-6-3-7-13-25/h2-22,34H,1H3,(H,41,45)(H,42,46)(H,43,44)/b32-20+. The highest BCUT2D eigenvalue weighted by Gasteiger charge is 2.23. The van der Waals surface area contributed by atoms with Crippen molar-refractivity contribution in [1.82, 2.24) is 5.32 Å². The summed E-state index contributed by atoms with van der Waals surface area (Å²) >= 11 is 20.1. The SMILES string of the molecule is Cc1ccc(Cl)cc1NC(=O)C(Sc1cccc(NC(=O)/C(=C\c2cccc(Cl)c2Cl)NC(=O)c2ccccc2)c1)c1ccccc1. The molecule has 0 fully saturated rings. The van der Waals surface area contributed by atoms with E-state index >= 15 is 0 Å². The van der Waals surface area contributed by atoms with Gasteiger partial charge in [0.15, 0.2) is 0 Å². The molecule has 3 N–H and O–H groups in total. The van der Waals surface area contributed by atoms with Crippen molar-refractivity contribution in [2.45, 2.75) is 17.1 Å². The Bertz CT molecular complexity index is 1950. The van der Waals surface area contributed by atoms with E-state index in [4.69, 9.17) is 34.8 Å². The van der Waals surface area contributed by atoms with E-state index in [1.807, 2.05) is 49.4 Å². The predicted octanol–water partition coefficient (Wildman–Crippen LogP) is 9.84. The van der Waals surface area contributed by atoms with Gasteiger partial charge in [0.25, 0.3) is 11.8 Å². The summed E-state index contributed by atoms with van der Waals surface area (Å²) in [5.74, 6) is -1.28. The lowest BCUT2D eigenvalue weighted by Gasteiger charge is -2.19. The second-order valence-electron chi connectivity index (χ2n) is 10.4. The van der Waals surface area contributed by atoms with Crippen LogP contribution in [0, 0.1) is 6.92 Å². The summed E-state index contributed by atoms with van der Waals surface area (Å²) in [5.41, 5.74) is 3.55. The Hall–Kier alpha value is -4.53. The molecule has 10 heteroatoms. The molecule has 5 aromatic carbocycles. The Kier molecular flexibility index (Phi) is 11.4. The summed E-state index contributed by atoms with van der Waals surface area (Å²) in [6.45, 7) is 1.90. The van der Waals surface area contributed by atoms with Gasteiger partial charge >= 0.3 is 0 Å². The molecule has 6 nitrogen and oxygen atoms in total. The first-order valence-corrected chi connectivity index (χ1v) is 16.4. The maximum atomic E-state index is 13.7. The summed E-state index contributed by atoms with van der Waals surface area (Å²) < 4.78 is 0. The molecular weight excluding hydrogens is 673 g/mol. The summed E-state index contributed by atoms with van der Waals surface area (Å²) in [4.78, 5) is 41.1. The molecule has 0 saturated heterocycles. The fraction of sp³-hybridized carbons (Fsp3) is 0.0541. The van der Waals surface area contributed by atoms with Gasteiger partial charge in [-0.2, -0.15) is 0 Å². The minimum absolute atomic E-state index is 0.0421. The Labute approximate surface area is 292 Å². The quantitative estimate of drug-likeness (QED) is 0.100. The number of thioether (sulfide) groups is 1. The van der Waals surface area contributed by atoms with E-state index < -0.39 is 17.1 Å². The number of carbonyl (C=O) groups excluding carboxylic acids is 3. The number of rotatable bonds is 10. The number of hydrogen-bond acceptors (Lipinski definition) is 4. The molecule has 3 amide bonds. The van der Waals surface area contributed by atoms with Crippen LogP contribution in [0.25, 0.3) is 6.08 Å². The highest BCUT2D eigenvalue weighted by Crippen LogP contribution is 2.38. The highest BCUT2D eigenvalue weighted by molar-refractivity contribution is 8.00. The molecule has 0 bridgehead atoms. The second kappa shape index (κ2) is 15.8. The largest absolute Gasteiger partial charge is 0.325 e. The van der Waals surface area contributed by atoms with Crippen LogP contribution in [0.4, 0.5) is 11.4 Å². The van der Waals surface area contributed by atoms with Crippen LogP contribution in [0.5, 0.6) is 0 Å². The van der Waals surface area contributed by atoms with Crippen molar-refractivity contribution >= 4 is 81.7 Å². The number of amides is 3. The van der Waals surface area contributed by atoms with Crippen LogP contribution in [0.1, 0.15) is 32.3 Å². The van der Waals surface area contributed by atoms with Gasteiger partial charge in [0.2, 0.25) is 5.91 Å². The first-order chi connectivity index (χ1) is 22.7. The van der Waals surface area contributed by atoms with Crippen LogP contribution >= 0.6 is 46.6 Å². The van der Waals surface area contributed by atoms with Crippen LogP contribution in [-0.4, -0.2) is 17.7 Å². The minimum atomic E-state index is -0.619. The molecule has 0 aliphatic carbocycles. The van der Waals surface area contributed by atoms with E-state index in [1.165, 1.54) is 17.8 Å². The lowest BCUT2D eigenvalue weighted by atomic mass is 10.1. The molecule has 0 saturated carbocycles. The van der Waals surface area contributed by atoms with E-state index in [9.17, 15) is 14.4 Å². The third-order valence-corrected chi connectivity index (χ3v) is 9.27. The lowest BCUT2D eigenvalue weighted by molar-refractivity contribution is -0.116. The van der Waals surface area contributed by atoms with Crippen molar-refractivity contribution in [3.63, 3.8) is 0 Å². The van der Waals surface area contributed by atoms with Crippen LogP contribution in [-0.2, 0) is 9.59 Å². The van der Waals surface area contributed by atoms with Gasteiger partial charge in [-0.1, -0.05) is 108 Å². The van der Waals surface area contributed by atoms with Crippen LogP contribution in [0.3, 0.4) is 0 Å². The Morgan fingerprint density at radius 1 is 0.745 bits per heavy atom. The van der Waals surface area contributed by atoms with E-state index in [0.29, 0.717) is 32.5 Å². The molecule has 5 rings (SSSR count). The first-order valence-electron chi connectivity index (χ1n) is 14.4. The molecule has 0 aliphatic rings. The average molecular weight is 701 g/mol. The molecule has 0 radical (unpaired) electrons. The predicted molar refractivity (Wildman–Crippen MR) is 193 cm³/mol. The lowest BCUT2D eigenvalue weighted by Crippen LogP contribution is -2.30. The monoisotopic (exact) mass is 699 g/mol. The van der Waals surface area contributed by atoms with Gasteiger partial charge in [-0.15, -0.1) is 11.8 Å². The molecule has 47 heavy (non-hydrogen) atoms. The molecule has 5 aromatic rings. The summed E-state index contributed by atoms with van der Waals surface area (Å²) in [6, 6.07) is 35.4. The van der Waals surface area contributed by atoms with Crippen LogP contribution in [0.15, 0.2) is 132 Å². The Morgan fingerprint density at radius 3 is 2.19 bits per heavy atom. The molecular formula is C37H28Cl3N3O3S. The van der Waals surface area contributed by atoms with E-state index in [1.54, 1.807) is 78.9 Å². The Morgan fingerprint density at radius 2 is 1.45 bits per heavy atom. The molecule has 0 heterocycles. The van der Waals surface area contributed by atoms with Gasteiger partial charge in [-0.05, 0) is 78.2 Å². The summed E-state index contributed by atoms with van der Waals surface area (Å²) in [7, 11) is 0. The Balaban J connectivity index is 1.40. The fourth-order valence-electron chi connectivity index (χ4n) is 4.54. The number of benzene rings is 5. The van der Waals surface area contributed by atoms with Gasteiger partial charge < -0.3 is 16.0 Å². The number of halogens is 3. The van der Waals surface area contributed by atoms with Gasteiger partial charge in [0.05, 0.1) is 10.0 Å². The fourth-order valence-corrected chi connectivity index (χ4v) is 6.16. The average Bonchev–Trinajstić information content (AvgIpc) is 3.08.